The Morgan fingerprint density at radius 1 is 1.25 bits per heavy atom. The average Bonchev–Trinajstić information content (AvgIpc) is 2.36. The molecule has 3 nitrogen and oxygen atoms in total. The zero-order valence-electron chi connectivity index (χ0n) is 12.7. The Morgan fingerprint density at radius 3 is 2.40 bits per heavy atom. The van der Waals surface area contributed by atoms with Crippen LogP contribution in [0.4, 0.5) is 0 Å². The molecule has 0 aromatic heterocycles. The summed E-state index contributed by atoms with van der Waals surface area (Å²) in [6.07, 6.45) is 0. The van der Waals surface area contributed by atoms with Crippen molar-refractivity contribution in [2.75, 3.05) is 27.2 Å². The van der Waals surface area contributed by atoms with E-state index in [-0.39, 0.29) is 11.4 Å². The van der Waals surface area contributed by atoms with Crippen molar-refractivity contribution in [3.05, 3.63) is 35.9 Å². The van der Waals surface area contributed by atoms with Gasteiger partial charge < -0.3 is 4.90 Å². The molecule has 1 amide bonds. The predicted octanol–water partition coefficient (Wildman–Crippen LogP) is 1.96. The van der Waals surface area contributed by atoms with E-state index in [1.165, 1.54) is 5.56 Å². The standard InChI is InChI=1S/C17H22N2O/c1-17(2,18(3)4)11-10-16(20)19-12-15(13-19)14-8-6-5-7-9-14/h5-9,15H,12-13H2,1-4H3. The summed E-state index contributed by atoms with van der Waals surface area (Å²) in [4.78, 5) is 15.8. The highest BCUT2D eigenvalue weighted by Gasteiger charge is 2.31. The number of rotatable bonds is 2. The Morgan fingerprint density at radius 2 is 1.85 bits per heavy atom. The van der Waals surface area contributed by atoms with Gasteiger partial charge in [-0.05, 0) is 39.4 Å². The maximum atomic E-state index is 12.0. The largest absolute Gasteiger partial charge is 0.331 e. The Hall–Kier alpha value is -1.79. The molecule has 1 aliphatic heterocycles. The molecule has 1 aromatic rings. The van der Waals surface area contributed by atoms with Gasteiger partial charge in [0.2, 0.25) is 0 Å². The number of hydrogen-bond donors (Lipinski definition) is 0. The van der Waals surface area contributed by atoms with Crippen molar-refractivity contribution in [2.45, 2.75) is 25.3 Å². The fourth-order valence-corrected chi connectivity index (χ4v) is 1.98. The maximum absolute atomic E-state index is 12.0. The van der Waals surface area contributed by atoms with Crippen LogP contribution in [0.5, 0.6) is 0 Å². The van der Waals surface area contributed by atoms with Crippen molar-refractivity contribution >= 4 is 5.91 Å². The van der Waals surface area contributed by atoms with E-state index in [1.807, 2.05) is 55.9 Å². The normalized spacial score (nSPS) is 15.6. The van der Waals surface area contributed by atoms with Crippen molar-refractivity contribution in [3.63, 3.8) is 0 Å². The van der Waals surface area contributed by atoms with E-state index in [1.54, 1.807) is 0 Å². The van der Waals surface area contributed by atoms with Crippen LogP contribution in [0.1, 0.15) is 25.3 Å². The molecule has 0 spiro atoms. The Kier molecular flexibility index (Phi) is 4.15. The Labute approximate surface area is 121 Å². The number of amides is 1. The van der Waals surface area contributed by atoms with Crippen LogP contribution in [-0.2, 0) is 4.79 Å². The molecule has 0 radical (unpaired) electrons. The second-order valence-electron chi connectivity index (χ2n) is 6.02. The summed E-state index contributed by atoms with van der Waals surface area (Å²) in [5.41, 5.74) is 1.03. The van der Waals surface area contributed by atoms with E-state index in [0.29, 0.717) is 5.92 Å². The van der Waals surface area contributed by atoms with Crippen LogP contribution in [0.2, 0.25) is 0 Å². The van der Waals surface area contributed by atoms with Crippen LogP contribution in [0.15, 0.2) is 30.3 Å². The van der Waals surface area contributed by atoms with Crippen molar-refractivity contribution in [1.29, 1.82) is 0 Å². The number of nitrogens with zero attached hydrogens (tertiary/aromatic N) is 2. The summed E-state index contributed by atoms with van der Waals surface area (Å²) < 4.78 is 0. The van der Waals surface area contributed by atoms with Gasteiger partial charge in [-0.3, -0.25) is 9.69 Å². The van der Waals surface area contributed by atoms with E-state index in [2.05, 4.69) is 24.0 Å². The molecular weight excluding hydrogens is 248 g/mol. The molecule has 1 fully saturated rings. The second kappa shape index (κ2) is 5.68. The van der Waals surface area contributed by atoms with Gasteiger partial charge in [0.05, 0.1) is 5.54 Å². The van der Waals surface area contributed by atoms with E-state index in [0.717, 1.165) is 13.1 Å². The topological polar surface area (TPSA) is 23.6 Å². The molecule has 1 aliphatic rings. The summed E-state index contributed by atoms with van der Waals surface area (Å²) in [5.74, 6) is 6.22. The van der Waals surface area contributed by atoms with Gasteiger partial charge in [-0.25, -0.2) is 0 Å². The molecule has 0 bridgehead atoms. The number of likely N-dealkylation sites (tertiary alicyclic amines) is 1. The molecule has 0 saturated carbocycles. The van der Waals surface area contributed by atoms with Crippen LogP contribution in [0.25, 0.3) is 0 Å². The minimum absolute atomic E-state index is 0.0629. The van der Waals surface area contributed by atoms with Gasteiger partial charge in [-0.15, -0.1) is 0 Å². The van der Waals surface area contributed by atoms with E-state index in [9.17, 15) is 4.79 Å². The van der Waals surface area contributed by atoms with Crippen molar-refractivity contribution in [3.8, 4) is 11.8 Å². The van der Waals surface area contributed by atoms with E-state index < -0.39 is 0 Å². The van der Waals surface area contributed by atoms with Crippen molar-refractivity contribution in [2.24, 2.45) is 0 Å². The zero-order valence-corrected chi connectivity index (χ0v) is 12.7. The Bertz CT molecular complexity index is 531. The molecular formula is C17H22N2O. The maximum Gasteiger partial charge on any atom is 0.298 e. The summed E-state index contributed by atoms with van der Waals surface area (Å²) in [7, 11) is 3.93. The van der Waals surface area contributed by atoms with Gasteiger partial charge in [0.15, 0.2) is 0 Å². The molecule has 0 N–H and O–H groups in total. The molecule has 0 aliphatic carbocycles. The van der Waals surface area contributed by atoms with Gasteiger partial charge in [0, 0.05) is 19.0 Å². The SMILES string of the molecule is CN(C)C(C)(C)C#CC(=O)N1CC(c2ccccc2)C1. The zero-order chi connectivity index (χ0) is 14.8. The van der Waals surface area contributed by atoms with Gasteiger partial charge in [0.25, 0.3) is 5.91 Å². The number of carbonyl (C=O) groups is 1. The second-order valence-corrected chi connectivity index (χ2v) is 6.02. The highest BCUT2D eigenvalue weighted by Crippen LogP contribution is 2.26. The number of hydrogen-bond acceptors (Lipinski definition) is 2. The first kappa shape index (κ1) is 14.6. The van der Waals surface area contributed by atoms with E-state index in [4.69, 9.17) is 0 Å². The van der Waals surface area contributed by atoms with Gasteiger partial charge in [-0.2, -0.15) is 0 Å². The first-order valence-electron chi connectivity index (χ1n) is 6.94. The highest BCUT2D eigenvalue weighted by molar-refractivity contribution is 5.94. The quantitative estimate of drug-likeness (QED) is 0.767. The molecule has 2 rings (SSSR count). The fraction of sp³-hybridized carbons (Fsp3) is 0.471. The van der Waals surface area contributed by atoms with Crippen molar-refractivity contribution < 1.29 is 4.79 Å². The molecule has 1 heterocycles. The lowest BCUT2D eigenvalue weighted by atomic mass is 9.91. The lowest BCUT2D eigenvalue weighted by Crippen LogP contribution is -2.48. The molecule has 20 heavy (non-hydrogen) atoms. The third-order valence-corrected chi connectivity index (χ3v) is 4.03. The molecule has 1 saturated heterocycles. The lowest BCUT2D eigenvalue weighted by Gasteiger charge is -2.38. The smallest absolute Gasteiger partial charge is 0.298 e. The fourth-order valence-electron chi connectivity index (χ4n) is 1.98. The van der Waals surface area contributed by atoms with Gasteiger partial charge >= 0.3 is 0 Å². The minimum atomic E-state index is -0.278. The average molecular weight is 270 g/mol. The van der Waals surface area contributed by atoms with Gasteiger partial charge in [-0.1, -0.05) is 36.3 Å². The summed E-state index contributed by atoms with van der Waals surface area (Å²) in [6, 6.07) is 10.3. The molecule has 3 heteroatoms. The molecule has 0 unspecified atom stereocenters. The van der Waals surface area contributed by atoms with Crippen LogP contribution in [-0.4, -0.2) is 48.4 Å². The summed E-state index contributed by atoms with van der Waals surface area (Å²) in [5, 5.41) is 0. The molecule has 106 valence electrons. The van der Waals surface area contributed by atoms with E-state index >= 15 is 0 Å². The molecule has 1 aromatic carbocycles. The third-order valence-electron chi connectivity index (χ3n) is 4.03. The van der Waals surface area contributed by atoms with Crippen LogP contribution in [0, 0.1) is 11.8 Å². The monoisotopic (exact) mass is 270 g/mol. The van der Waals surface area contributed by atoms with Crippen molar-refractivity contribution in [1.82, 2.24) is 9.80 Å². The minimum Gasteiger partial charge on any atom is -0.331 e. The first-order chi connectivity index (χ1) is 9.40. The predicted molar refractivity (Wildman–Crippen MR) is 81.3 cm³/mol. The highest BCUT2D eigenvalue weighted by atomic mass is 16.2. The lowest BCUT2D eigenvalue weighted by molar-refractivity contribution is -0.129. The van der Waals surface area contributed by atoms with Crippen LogP contribution in [0.3, 0.4) is 0 Å². The van der Waals surface area contributed by atoms with Crippen LogP contribution >= 0.6 is 0 Å². The number of carbonyl (C=O) groups excluding carboxylic acids is 1. The first-order valence-corrected chi connectivity index (χ1v) is 6.94. The molecule has 0 atom stereocenters. The summed E-state index contributed by atoms with van der Waals surface area (Å²) in [6.45, 7) is 5.58. The van der Waals surface area contributed by atoms with Gasteiger partial charge in [0.1, 0.15) is 0 Å². The summed E-state index contributed by atoms with van der Waals surface area (Å²) >= 11 is 0. The Balaban J connectivity index is 1.91. The van der Waals surface area contributed by atoms with Crippen LogP contribution < -0.4 is 0 Å². The third kappa shape index (κ3) is 3.20. The number of benzene rings is 1.